The minimum absolute atomic E-state index is 0.0818. The predicted molar refractivity (Wildman–Crippen MR) is 85.7 cm³/mol. The second-order valence-corrected chi connectivity index (χ2v) is 7.03. The van der Waals surface area contributed by atoms with Crippen molar-refractivity contribution in [3.8, 4) is 0 Å². The van der Waals surface area contributed by atoms with Gasteiger partial charge in [0.2, 0.25) is 5.91 Å². The number of nitrogens with zero attached hydrogens (tertiary/aromatic N) is 1. The number of ether oxygens (including phenoxy) is 1. The molecule has 2 rings (SSSR count). The Balaban J connectivity index is 2.21. The van der Waals surface area contributed by atoms with Gasteiger partial charge in [-0.15, -0.1) is 0 Å². The van der Waals surface area contributed by atoms with Gasteiger partial charge >= 0.3 is 5.97 Å². The minimum Gasteiger partial charge on any atom is -0.479 e. The monoisotopic (exact) mass is 369 g/mol. The summed E-state index contributed by atoms with van der Waals surface area (Å²) in [5.41, 5.74) is 0.174. The SMILES string of the molecule is C[C@@H]1CN(C(=O)C(C)(C)c2ccc(Br)cc2)CC(C(=O)O)O1. The predicted octanol–water partition coefficient (Wildman–Crippen LogP) is 2.43. The Morgan fingerprint density at radius 2 is 1.86 bits per heavy atom. The summed E-state index contributed by atoms with van der Waals surface area (Å²) in [4.78, 5) is 25.6. The van der Waals surface area contributed by atoms with Crippen LogP contribution in [0.25, 0.3) is 0 Å². The second-order valence-electron chi connectivity index (χ2n) is 6.12. The molecule has 120 valence electrons. The molecule has 1 saturated heterocycles. The summed E-state index contributed by atoms with van der Waals surface area (Å²) in [7, 11) is 0. The van der Waals surface area contributed by atoms with E-state index in [9.17, 15) is 9.59 Å². The standard InChI is InChI=1S/C16H20BrNO4/c1-10-8-18(9-13(22-10)14(19)20)15(21)16(2,3)11-4-6-12(17)7-5-11/h4-7,10,13H,8-9H2,1-3H3,(H,19,20)/t10-,13?/m1/s1. The highest BCUT2D eigenvalue weighted by Gasteiger charge is 2.39. The molecule has 0 saturated carbocycles. The van der Waals surface area contributed by atoms with Gasteiger partial charge in [-0.1, -0.05) is 28.1 Å². The molecule has 1 aliphatic rings. The van der Waals surface area contributed by atoms with Crippen molar-refractivity contribution >= 4 is 27.8 Å². The molecule has 5 nitrogen and oxygen atoms in total. The van der Waals surface area contributed by atoms with E-state index in [0.717, 1.165) is 10.0 Å². The summed E-state index contributed by atoms with van der Waals surface area (Å²) < 4.78 is 6.31. The zero-order chi connectivity index (χ0) is 16.5. The maximum absolute atomic E-state index is 12.9. The van der Waals surface area contributed by atoms with Gasteiger partial charge in [-0.3, -0.25) is 4.79 Å². The second kappa shape index (κ2) is 6.38. The van der Waals surface area contributed by atoms with E-state index in [4.69, 9.17) is 9.84 Å². The summed E-state index contributed by atoms with van der Waals surface area (Å²) in [6.07, 6.45) is -1.26. The third kappa shape index (κ3) is 3.50. The number of hydrogen-bond acceptors (Lipinski definition) is 3. The van der Waals surface area contributed by atoms with Crippen molar-refractivity contribution in [3.63, 3.8) is 0 Å². The fraction of sp³-hybridized carbons (Fsp3) is 0.500. The van der Waals surface area contributed by atoms with E-state index in [1.54, 1.807) is 11.8 Å². The van der Waals surface area contributed by atoms with E-state index in [0.29, 0.717) is 6.54 Å². The van der Waals surface area contributed by atoms with Crippen LogP contribution in [-0.4, -0.2) is 47.2 Å². The van der Waals surface area contributed by atoms with Crippen LogP contribution in [0.15, 0.2) is 28.7 Å². The number of carbonyl (C=O) groups excluding carboxylic acids is 1. The van der Waals surface area contributed by atoms with Crippen LogP contribution in [0.2, 0.25) is 0 Å². The lowest BCUT2D eigenvalue weighted by Crippen LogP contribution is -2.55. The summed E-state index contributed by atoms with van der Waals surface area (Å²) in [6, 6.07) is 7.60. The van der Waals surface area contributed by atoms with Crippen LogP contribution < -0.4 is 0 Å². The Morgan fingerprint density at radius 3 is 2.41 bits per heavy atom. The van der Waals surface area contributed by atoms with Crippen LogP contribution in [0.3, 0.4) is 0 Å². The summed E-state index contributed by atoms with van der Waals surface area (Å²) in [6.45, 7) is 5.98. The fourth-order valence-corrected chi connectivity index (χ4v) is 2.90. The first-order chi connectivity index (χ1) is 10.2. The maximum Gasteiger partial charge on any atom is 0.334 e. The Hall–Kier alpha value is -1.40. The lowest BCUT2D eigenvalue weighted by molar-refractivity contribution is -0.168. The van der Waals surface area contributed by atoms with Crippen LogP contribution in [0, 0.1) is 0 Å². The summed E-state index contributed by atoms with van der Waals surface area (Å²) in [5, 5.41) is 9.14. The lowest BCUT2D eigenvalue weighted by Gasteiger charge is -2.39. The molecule has 6 heteroatoms. The van der Waals surface area contributed by atoms with E-state index in [1.807, 2.05) is 38.1 Å². The van der Waals surface area contributed by atoms with Crippen molar-refractivity contribution in [2.45, 2.75) is 38.4 Å². The highest BCUT2D eigenvalue weighted by molar-refractivity contribution is 9.10. The number of carboxylic acid groups (broad SMARTS) is 1. The summed E-state index contributed by atoms with van der Waals surface area (Å²) >= 11 is 3.38. The van der Waals surface area contributed by atoms with E-state index in [1.165, 1.54) is 0 Å². The smallest absolute Gasteiger partial charge is 0.334 e. The molecule has 2 atom stereocenters. The van der Waals surface area contributed by atoms with Gasteiger partial charge in [-0.05, 0) is 38.5 Å². The molecule has 0 spiro atoms. The molecule has 0 aromatic heterocycles. The van der Waals surface area contributed by atoms with Gasteiger partial charge in [0.1, 0.15) is 0 Å². The fourth-order valence-electron chi connectivity index (χ4n) is 2.64. The first-order valence-electron chi connectivity index (χ1n) is 7.15. The largest absolute Gasteiger partial charge is 0.479 e. The molecule has 1 N–H and O–H groups in total. The molecule has 0 bridgehead atoms. The van der Waals surface area contributed by atoms with Crippen molar-refractivity contribution in [3.05, 3.63) is 34.3 Å². The number of carbonyl (C=O) groups is 2. The van der Waals surface area contributed by atoms with Crippen LogP contribution in [0.5, 0.6) is 0 Å². The molecule has 1 aliphatic heterocycles. The number of morpholine rings is 1. The van der Waals surface area contributed by atoms with Gasteiger partial charge in [0.25, 0.3) is 0 Å². The maximum atomic E-state index is 12.9. The van der Waals surface area contributed by atoms with Crippen molar-refractivity contribution in [2.75, 3.05) is 13.1 Å². The zero-order valence-corrected chi connectivity index (χ0v) is 14.5. The number of halogens is 1. The third-order valence-electron chi connectivity index (χ3n) is 3.92. The first-order valence-corrected chi connectivity index (χ1v) is 7.95. The quantitative estimate of drug-likeness (QED) is 0.888. The highest BCUT2D eigenvalue weighted by Crippen LogP contribution is 2.28. The Bertz CT molecular complexity index is 570. The molecule has 1 aromatic carbocycles. The van der Waals surface area contributed by atoms with Gasteiger partial charge in [0, 0.05) is 11.0 Å². The van der Waals surface area contributed by atoms with E-state index >= 15 is 0 Å². The molecule has 1 unspecified atom stereocenters. The van der Waals surface area contributed by atoms with Gasteiger partial charge in [0.15, 0.2) is 6.10 Å². The van der Waals surface area contributed by atoms with Gasteiger partial charge in [0.05, 0.1) is 18.1 Å². The van der Waals surface area contributed by atoms with Gasteiger partial charge < -0.3 is 14.7 Å². The normalized spacial score (nSPS) is 22.5. The average molecular weight is 370 g/mol. The molecule has 0 aliphatic carbocycles. The average Bonchev–Trinajstić information content (AvgIpc) is 2.46. The molecule has 1 amide bonds. The number of amides is 1. The first kappa shape index (κ1) is 17.0. The van der Waals surface area contributed by atoms with Crippen molar-refractivity contribution in [1.29, 1.82) is 0 Å². The molecule has 1 fully saturated rings. The van der Waals surface area contributed by atoms with Gasteiger partial charge in [-0.25, -0.2) is 4.79 Å². The highest BCUT2D eigenvalue weighted by atomic mass is 79.9. The molecule has 1 aromatic rings. The van der Waals surface area contributed by atoms with Crippen LogP contribution in [0.4, 0.5) is 0 Å². The van der Waals surface area contributed by atoms with E-state index < -0.39 is 17.5 Å². The van der Waals surface area contributed by atoms with Crippen LogP contribution in [0.1, 0.15) is 26.3 Å². The third-order valence-corrected chi connectivity index (χ3v) is 4.45. The lowest BCUT2D eigenvalue weighted by atomic mass is 9.83. The van der Waals surface area contributed by atoms with Crippen LogP contribution in [-0.2, 0) is 19.7 Å². The minimum atomic E-state index is -1.04. The van der Waals surface area contributed by atoms with Crippen molar-refractivity contribution < 1.29 is 19.4 Å². The topological polar surface area (TPSA) is 66.8 Å². The molecular formula is C16H20BrNO4. The van der Waals surface area contributed by atoms with Gasteiger partial charge in [-0.2, -0.15) is 0 Å². The van der Waals surface area contributed by atoms with Crippen molar-refractivity contribution in [1.82, 2.24) is 4.90 Å². The zero-order valence-electron chi connectivity index (χ0n) is 12.9. The Labute approximate surface area is 138 Å². The number of benzene rings is 1. The molecule has 1 heterocycles. The Morgan fingerprint density at radius 1 is 1.27 bits per heavy atom. The number of hydrogen-bond donors (Lipinski definition) is 1. The van der Waals surface area contributed by atoms with E-state index in [-0.39, 0.29) is 18.6 Å². The molecule has 0 radical (unpaired) electrons. The number of carboxylic acids is 1. The summed E-state index contributed by atoms with van der Waals surface area (Å²) in [5.74, 6) is -1.12. The van der Waals surface area contributed by atoms with Crippen LogP contribution >= 0.6 is 15.9 Å². The van der Waals surface area contributed by atoms with E-state index in [2.05, 4.69) is 15.9 Å². The Kier molecular flexibility index (Phi) is 4.92. The number of rotatable bonds is 3. The number of aliphatic carboxylic acids is 1. The molecular weight excluding hydrogens is 350 g/mol. The van der Waals surface area contributed by atoms with Crippen molar-refractivity contribution in [2.24, 2.45) is 0 Å². The molecule has 22 heavy (non-hydrogen) atoms.